The number of pyridine rings is 1. The van der Waals surface area contributed by atoms with Crippen LogP contribution < -0.4 is 11.1 Å². The maximum Gasteiger partial charge on any atom is 0.268 e. The van der Waals surface area contributed by atoms with Gasteiger partial charge in [-0.3, -0.25) is 4.79 Å². The van der Waals surface area contributed by atoms with Crippen LogP contribution >= 0.6 is 11.3 Å². The third-order valence-corrected chi connectivity index (χ3v) is 3.13. The number of hydrogen-bond acceptors (Lipinski definition) is 5. The number of nitrogens with zero attached hydrogens (tertiary/aromatic N) is 2. The lowest BCUT2D eigenvalue weighted by Crippen LogP contribution is -2.12. The first-order valence-electron chi connectivity index (χ1n) is 5.04. The zero-order valence-electron chi connectivity index (χ0n) is 9.52. The second-order valence-corrected chi connectivity index (χ2v) is 4.62. The summed E-state index contributed by atoms with van der Waals surface area (Å²) in [5.41, 5.74) is 7.03. The van der Waals surface area contributed by atoms with Crippen molar-refractivity contribution in [2.45, 2.75) is 13.8 Å². The molecule has 0 saturated heterocycles. The summed E-state index contributed by atoms with van der Waals surface area (Å²) in [6.07, 6.45) is 0. The molecule has 88 valence electrons. The van der Waals surface area contributed by atoms with E-state index in [1.807, 2.05) is 19.1 Å². The number of carbonyl (C=O) groups is 1. The molecule has 0 spiro atoms. The molecule has 3 N–H and O–H groups in total. The minimum Gasteiger partial charge on any atom is -0.375 e. The molecule has 0 atom stereocenters. The van der Waals surface area contributed by atoms with Crippen molar-refractivity contribution >= 4 is 28.2 Å². The number of nitrogen functional groups attached to an aromatic ring is 1. The number of nitrogens with two attached hydrogens (primary N) is 1. The SMILES string of the molecule is Cc1cccc(NC(=O)c2sc(N)nc2C)n1. The molecule has 0 aliphatic rings. The van der Waals surface area contributed by atoms with E-state index in [0.717, 1.165) is 5.69 Å². The number of anilines is 2. The lowest BCUT2D eigenvalue weighted by Gasteiger charge is -2.03. The van der Waals surface area contributed by atoms with Crippen molar-refractivity contribution in [1.29, 1.82) is 0 Å². The highest BCUT2D eigenvalue weighted by molar-refractivity contribution is 7.17. The van der Waals surface area contributed by atoms with Crippen LogP contribution in [0.4, 0.5) is 10.9 Å². The Balaban J connectivity index is 2.20. The van der Waals surface area contributed by atoms with Crippen LogP contribution in [0.15, 0.2) is 18.2 Å². The van der Waals surface area contributed by atoms with E-state index in [1.54, 1.807) is 13.0 Å². The molecule has 0 aliphatic heterocycles. The van der Waals surface area contributed by atoms with E-state index in [2.05, 4.69) is 15.3 Å². The van der Waals surface area contributed by atoms with Crippen LogP contribution in [-0.2, 0) is 0 Å². The minimum atomic E-state index is -0.227. The summed E-state index contributed by atoms with van der Waals surface area (Å²) in [5, 5.41) is 3.11. The van der Waals surface area contributed by atoms with Gasteiger partial charge in [-0.1, -0.05) is 17.4 Å². The molecule has 17 heavy (non-hydrogen) atoms. The average Bonchev–Trinajstić information content (AvgIpc) is 2.58. The summed E-state index contributed by atoms with van der Waals surface area (Å²) in [6.45, 7) is 3.62. The summed E-state index contributed by atoms with van der Waals surface area (Å²) in [4.78, 5) is 20.6. The molecule has 0 bridgehead atoms. The van der Waals surface area contributed by atoms with Gasteiger partial charge in [0.15, 0.2) is 5.13 Å². The fraction of sp³-hybridized carbons (Fsp3) is 0.182. The topological polar surface area (TPSA) is 80.9 Å². The van der Waals surface area contributed by atoms with Gasteiger partial charge >= 0.3 is 0 Å². The molecule has 0 aliphatic carbocycles. The zero-order chi connectivity index (χ0) is 12.4. The molecule has 0 fully saturated rings. The molecule has 6 heteroatoms. The Kier molecular flexibility index (Phi) is 3.06. The van der Waals surface area contributed by atoms with Gasteiger partial charge in [-0.15, -0.1) is 0 Å². The number of hydrogen-bond donors (Lipinski definition) is 2. The van der Waals surface area contributed by atoms with E-state index in [4.69, 9.17) is 5.73 Å². The fourth-order valence-corrected chi connectivity index (χ4v) is 2.14. The molecule has 2 heterocycles. The summed E-state index contributed by atoms with van der Waals surface area (Å²) < 4.78 is 0. The van der Waals surface area contributed by atoms with Crippen molar-refractivity contribution in [2.24, 2.45) is 0 Å². The molecule has 0 saturated carbocycles. The van der Waals surface area contributed by atoms with E-state index in [1.165, 1.54) is 11.3 Å². The number of nitrogens with one attached hydrogen (secondary N) is 1. The summed E-state index contributed by atoms with van der Waals surface area (Å²) >= 11 is 1.17. The van der Waals surface area contributed by atoms with Crippen LogP contribution in [0.25, 0.3) is 0 Å². The lowest BCUT2D eigenvalue weighted by atomic mass is 10.3. The Bertz CT molecular complexity index is 564. The smallest absolute Gasteiger partial charge is 0.268 e. The van der Waals surface area contributed by atoms with Crippen molar-refractivity contribution < 1.29 is 4.79 Å². The van der Waals surface area contributed by atoms with Crippen molar-refractivity contribution in [3.05, 3.63) is 34.5 Å². The number of rotatable bonds is 2. The molecule has 1 amide bonds. The average molecular weight is 248 g/mol. The molecule has 5 nitrogen and oxygen atoms in total. The van der Waals surface area contributed by atoms with Gasteiger partial charge in [0, 0.05) is 5.69 Å². The molecule has 2 aromatic heterocycles. The number of amides is 1. The van der Waals surface area contributed by atoms with Gasteiger partial charge in [0.05, 0.1) is 5.69 Å². The van der Waals surface area contributed by atoms with Crippen molar-refractivity contribution in [3.63, 3.8) is 0 Å². The molecular formula is C11H12N4OS. The van der Waals surface area contributed by atoms with Crippen molar-refractivity contribution in [3.8, 4) is 0 Å². The summed E-state index contributed by atoms with van der Waals surface area (Å²) in [6, 6.07) is 5.45. The van der Waals surface area contributed by atoms with Crippen molar-refractivity contribution in [2.75, 3.05) is 11.1 Å². The maximum atomic E-state index is 11.9. The van der Waals surface area contributed by atoms with E-state index in [0.29, 0.717) is 21.5 Å². The van der Waals surface area contributed by atoms with Gasteiger partial charge < -0.3 is 11.1 Å². The first-order chi connectivity index (χ1) is 8.06. The third kappa shape index (κ3) is 2.59. The summed E-state index contributed by atoms with van der Waals surface area (Å²) in [5.74, 6) is 0.302. The highest BCUT2D eigenvalue weighted by atomic mass is 32.1. The van der Waals surface area contributed by atoms with Crippen LogP contribution in [0.1, 0.15) is 21.1 Å². The second-order valence-electron chi connectivity index (χ2n) is 3.58. The van der Waals surface area contributed by atoms with Gasteiger partial charge in [0.2, 0.25) is 0 Å². The first-order valence-corrected chi connectivity index (χ1v) is 5.86. The Morgan fingerprint density at radius 3 is 2.71 bits per heavy atom. The Morgan fingerprint density at radius 1 is 1.35 bits per heavy atom. The number of aryl methyl sites for hydroxylation is 2. The number of thiazole rings is 1. The predicted octanol–water partition coefficient (Wildman–Crippen LogP) is 1.99. The first kappa shape index (κ1) is 11.5. The Hall–Kier alpha value is -1.95. The minimum absolute atomic E-state index is 0.227. The van der Waals surface area contributed by atoms with Gasteiger partial charge in [-0.25, -0.2) is 9.97 Å². The number of carbonyl (C=O) groups excluding carboxylic acids is 1. The molecule has 2 aromatic rings. The predicted molar refractivity (Wildman–Crippen MR) is 68.2 cm³/mol. The van der Waals surface area contributed by atoms with Gasteiger partial charge in [0.1, 0.15) is 10.7 Å². The Morgan fingerprint density at radius 2 is 2.12 bits per heavy atom. The normalized spacial score (nSPS) is 10.2. The van der Waals surface area contributed by atoms with Crippen LogP contribution in [0.5, 0.6) is 0 Å². The maximum absolute atomic E-state index is 11.9. The highest BCUT2D eigenvalue weighted by Gasteiger charge is 2.14. The van der Waals surface area contributed by atoms with Gasteiger partial charge in [0.25, 0.3) is 5.91 Å². The van der Waals surface area contributed by atoms with E-state index >= 15 is 0 Å². The largest absolute Gasteiger partial charge is 0.375 e. The Labute approximate surface area is 103 Å². The van der Waals surface area contributed by atoms with E-state index in [9.17, 15) is 4.79 Å². The molecule has 0 aromatic carbocycles. The fourth-order valence-electron chi connectivity index (χ4n) is 1.41. The van der Waals surface area contributed by atoms with Crippen LogP contribution in [0.2, 0.25) is 0 Å². The quantitative estimate of drug-likeness (QED) is 0.851. The standard InChI is InChI=1S/C11H12N4OS/c1-6-4-3-5-8(13-6)15-10(16)9-7(2)14-11(12)17-9/h3-5H,1-2H3,(H2,12,14)(H,13,15,16). The lowest BCUT2D eigenvalue weighted by molar-refractivity contribution is 0.102. The van der Waals surface area contributed by atoms with Crippen LogP contribution in [0, 0.1) is 13.8 Å². The molecular weight excluding hydrogens is 236 g/mol. The van der Waals surface area contributed by atoms with E-state index < -0.39 is 0 Å². The van der Waals surface area contributed by atoms with Crippen LogP contribution in [0.3, 0.4) is 0 Å². The third-order valence-electron chi connectivity index (χ3n) is 2.15. The number of aromatic nitrogens is 2. The molecule has 2 rings (SSSR count). The van der Waals surface area contributed by atoms with Gasteiger partial charge in [-0.2, -0.15) is 0 Å². The zero-order valence-corrected chi connectivity index (χ0v) is 10.3. The van der Waals surface area contributed by atoms with E-state index in [-0.39, 0.29) is 5.91 Å². The second kappa shape index (κ2) is 4.50. The molecule has 0 radical (unpaired) electrons. The summed E-state index contributed by atoms with van der Waals surface area (Å²) in [7, 11) is 0. The molecule has 0 unspecified atom stereocenters. The van der Waals surface area contributed by atoms with Gasteiger partial charge in [-0.05, 0) is 26.0 Å². The highest BCUT2D eigenvalue weighted by Crippen LogP contribution is 2.20. The van der Waals surface area contributed by atoms with Crippen LogP contribution in [-0.4, -0.2) is 15.9 Å². The monoisotopic (exact) mass is 248 g/mol. The van der Waals surface area contributed by atoms with Crippen molar-refractivity contribution in [1.82, 2.24) is 9.97 Å².